The molecule has 9 heteroatoms. The maximum absolute atomic E-state index is 13.4. The summed E-state index contributed by atoms with van der Waals surface area (Å²) < 4.78 is 24.8. The number of nitrogens with zero attached hydrogens (tertiary/aromatic N) is 3. The number of hydrogen-bond donors (Lipinski definition) is 2. The first-order valence-electron chi connectivity index (χ1n) is 10.5. The van der Waals surface area contributed by atoms with Crippen LogP contribution >= 0.6 is 24.0 Å². The van der Waals surface area contributed by atoms with E-state index in [4.69, 9.17) is 14.5 Å². The van der Waals surface area contributed by atoms with E-state index in [2.05, 4.69) is 34.4 Å². The van der Waals surface area contributed by atoms with Gasteiger partial charge in [0.25, 0.3) is 0 Å². The molecule has 0 saturated carbocycles. The van der Waals surface area contributed by atoms with Gasteiger partial charge in [0.2, 0.25) is 0 Å². The van der Waals surface area contributed by atoms with Crippen LogP contribution in [0.4, 0.5) is 4.39 Å². The largest absolute Gasteiger partial charge is 0.379 e. The molecule has 2 fully saturated rings. The lowest BCUT2D eigenvalue weighted by Crippen LogP contribution is -2.48. The summed E-state index contributed by atoms with van der Waals surface area (Å²) in [5, 5.41) is 6.73. The van der Waals surface area contributed by atoms with E-state index in [0.717, 1.165) is 57.4 Å². The second-order valence-electron chi connectivity index (χ2n) is 7.57. The molecule has 7 nitrogen and oxygen atoms in total. The first-order chi connectivity index (χ1) is 14.2. The molecule has 0 bridgehead atoms. The first-order valence-corrected chi connectivity index (χ1v) is 10.5. The van der Waals surface area contributed by atoms with Crippen molar-refractivity contribution in [2.24, 2.45) is 4.99 Å². The van der Waals surface area contributed by atoms with Gasteiger partial charge in [-0.2, -0.15) is 0 Å². The van der Waals surface area contributed by atoms with Gasteiger partial charge in [-0.05, 0) is 31.7 Å². The van der Waals surface area contributed by atoms with Gasteiger partial charge in [-0.25, -0.2) is 4.39 Å². The SMILES string of the molecule is CCNC(=NCC(c1ccc(F)cc1)N1CCOCC1)NCC1CN(C)CCO1.I. The van der Waals surface area contributed by atoms with E-state index >= 15 is 0 Å². The third-order valence-corrected chi connectivity index (χ3v) is 5.35. The normalized spacial score (nSPS) is 22.2. The van der Waals surface area contributed by atoms with Crippen molar-refractivity contribution in [2.75, 3.05) is 72.7 Å². The van der Waals surface area contributed by atoms with Crippen LogP contribution in [-0.2, 0) is 9.47 Å². The Kier molecular flexibility index (Phi) is 11.3. The topological polar surface area (TPSA) is 61.4 Å². The Morgan fingerprint density at radius 2 is 1.90 bits per heavy atom. The van der Waals surface area contributed by atoms with E-state index in [-0.39, 0.29) is 41.9 Å². The van der Waals surface area contributed by atoms with Gasteiger partial charge in [0.05, 0.1) is 38.5 Å². The number of halogens is 2. The third kappa shape index (κ3) is 7.92. The van der Waals surface area contributed by atoms with E-state index in [9.17, 15) is 4.39 Å². The highest BCUT2D eigenvalue weighted by molar-refractivity contribution is 14.0. The quantitative estimate of drug-likeness (QED) is 0.315. The Morgan fingerprint density at radius 1 is 1.17 bits per heavy atom. The Hall–Kier alpha value is -1.01. The van der Waals surface area contributed by atoms with Crippen molar-refractivity contribution in [2.45, 2.75) is 19.1 Å². The van der Waals surface area contributed by atoms with E-state index < -0.39 is 0 Å². The highest BCUT2D eigenvalue weighted by Crippen LogP contribution is 2.22. The standard InChI is InChI=1S/C21H34FN5O2.HI/c1-3-23-21(24-14-19-16-26(2)8-13-29-19)25-15-20(27-9-11-28-12-10-27)17-4-6-18(22)7-5-17;/h4-7,19-20H,3,8-16H2,1-2H3,(H2,23,24,25);1H. The fourth-order valence-electron chi connectivity index (χ4n) is 3.73. The molecule has 170 valence electrons. The summed E-state index contributed by atoms with van der Waals surface area (Å²) in [7, 11) is 2.12. The zero-order valence-electron chi connectivity index (χ0n) is 18.0. The van der Waals surface area contributed by atoms with Gasteiger partial charge in [-0.1, -0.05) is 12.1 Å². The molecule has 0 aromatic heterocycles. The zero-order valence-corrected chi connectivity index (χ0v) is 20.3. The number of aliphatic imine (C=N–C) groups is 1. The van der Waals surface area contributed by atoms with Crippen LogP contribution in [0.1, 0.15) is 18.5 Å². The van der Waals surface area contributed by atoms with Crippen LogP contribution in [0.3, 0.4) is 0 Å². The zero-order chi connectivity index (χ0) is 20.5. The molecule has 0 spiro atoms. The first kappa shape index (κ1) is 25.3. The van der Waals surface area contributed by atoms with Crippen LogP contribution in [0.15, 0.2) is 29.3 Å². The maximum Gasteiger partial charge on any atom is 0.191 e. The van der Waals surface area contributed by atoms with Crippen molar-refractivity contribution in [3.05, 3.63) is 35.6 Å². The molecule has 30 heavy (non-hydrogen) atoms. The molecule has 0 aliphatic carbocycles. The van der Waals surface area contributed by atoms with Crippen molar-refractivity contribution in [3.63, 3.8) is 0 Å². The summed E-state index contributed by atoms with van der Waals surface area (Å²) in [6, 6.07) is 6.85. The van der Waals surface area contributed by atoms with E-state index in [1.54, 1.807) is 0 Å². The minimum atomic E-state index is -0.217. The lowest BCUT2D eigenvalue weighted by Gasteiger charge is -2.34. The molecule has 2 saturated heterocycles. The minimum Gasteiger partial charge on any atom is -0.379 e. The molecule has 2 aliphatic heterocycles. The van der Waals surface area contributed by atoms with Gasteiger partial charge in [0.15, 0.2) is 5.96 Å². The minimum absolute atomic E-state index is 0. The van der Waals surface area contributed by atoms with Crippen molar-refractivity contribution in [1.82, 2.24) is 20.4 Å². The third-order valence-electron chi connectivity index (χ3n) is 5.35. The lowest BCUT2D eigenvalue weighted by atomic mass is 10.0. The van der Waals surface area contributed by atoms with E-state index in [1.165, 1.54) is 12.1 Å². The number of nitrogens with one attached hydrogen (secondary N) is 2. The van der Waals surface area contributed by atoms with Crippen LogP contribution in [0, 0.1) is 5.82 Å². The van der Waals surface area contributed by atoms with Crippen molar-refractivity contribution in [3.8, 4) is 0 Å². The second kappa shape index (κ2) is 13.4. The predicted octanol–water partition coefficient (Wildman–Crippen LogP) is 1.70. The summed E-state index contributed by atoms with van der Waals surface area (Å²) in [4.78, 5) is 9.49. The number of hydrogen-bond acceptors (Lipinski definition) is 5. The molecular weight excluding hydrogens is 500 g/mol. The second-order valence-corrected chi connectivity index (χ2v) is 7.57. The molecule has 1 aromatic carbocycles. The smallest absolute Gasteiger partial charge is 0.191 e. The molecule has 3 rings (SSSR count). The van der Waals surface area contributed by atoms with Gasteiger partial charge < -0.3 is 25.0 Å². The highest BCUT2D eigenvalue weighted by Gasteiger charge is 2.23. The van der Waals surface area contributed by atoms with Gasteiger partial charge in [0.1, 0.15) is 5.82 Å². The Morgan fingerprint density at radius 3 is 2.57 bits per heavy atom. The van der Waals surface area contributed by atoms with Crippen molar-refractivity contribution < 1.29 is 13.9 Å². The Balaban J connectivity index is 0.00000320. The molecule has 2 heterocycles. The van der Waals surface area contributed by atoms with E-state index in [0.29, 0.717) is 19.8 Å². The number of benzene rings is 1. The van der Waals surface area contributed by atoms with Crippen LogP contribution in [0.2, 0.25) is 0 Å². The number of guanidine groups is 1. The van der Waals surface area contributed by atoms with Crippen LogP contribution < -0.4 is 10.6 Å². The average molecular weight is 535 g/mol. The Labute approximate surface area is 196 Å². The monoisotopic (exact) mass is 535 g/mol. The molecular formula is C21H35FIN5O2. The van der Waals surface area contributed by atoms with Crippen LogP contribution in [0.25, 0.3) is 0 Å². The molecule has 2 aliphatic rings. The number of likely N-dealkylation sites (N-methyl/N-ethyl adjacent to an activating group) is 1. The summed E-state index contributed by atoms with van der Waals surface area (Å²) in [6.07, 6.45) is 0.157. The highest BCUT2D eigenvalue weighted by atomic mass is 127. The lowest BCUT2D eigenvalue weighted by molar-refractivity contribution is -0.0161. The molecule has 0 amide bonds. The summed E-state index contributed by atoms with van der Waals surface area (Å²) in [5.41, 5.74) is 1.07. The van der Waals surface area contributed by atoms with Gasteiger partial charge in [-0.15, -0.1) is 24.0 Å². The molecule has 0 radical (unpaired) electrons. The van der Waals surface area contributed by atoms with Gasteiger partial charge in [0, 0.05) is 39.3 Å². The summed E-state index contributed by atoms with van der Waals surface area (Å²) >= 11 is 0. The molecule has 1 aromatic rings. The number of morpholine rings is 2. The molecule has 2 atom stereocenters. The van der Waals surface area contributed by atoms with Gasteiger partial charge in [-0.3, -0.25) is 9.89 Å². The molecule has 2 N–H and O–H groups in total. The Bertz CT molecular complexity index is 643. The van der Waals surface area contributed by atoms with Crippen molar-refractivity contribution >= 4 is 29.9 Å². The van der Waals surface area contributed by atoms with E-state index in [1.807, 2.05) is 12.1 Å². The average Bonchev–Trinajstić information content (AvgIpc) is 2.74. The van der Waals surface area contributed by atoms with Crippen molar-refractivity contribution in [1.29, 1.82) is 0 Å². The number of rotatable bonds is 7. The summed E-state index contributed by atoms with van der Waals surface area (Å²) in [5.74, 6) is 0.565. The predicted molar refractivity (Wildman–Crippen MR) is 128 cm³/mol. The summed E-state index contributed by atoms with van der Waals surface area (Å²) in [6.45, 7) is 9.94. The van der Waals surface area contributed by atoms with Crippen LogP contribution in [0.5, 0.6) is 0 Å². The fourth-order valence-corrected chi connectivity index (χ4v) is 3.73. The maximum atomic E-state index is 13.4. The van der Waals surface area contributed by atoms with Gasteiger partial charge >= 0.3 is 0 Å². The van der Waals surface area contributed by atoms with Crippen LogP contribution in [-0.4, -0.2) is 94.5 Å². The number of ether oxygens (including phenoxy) is 2. The fraction of sp³-hybridized carbons (Fsp3) is 0.667. The molecule has 2 unspecified atom stereocenters.